The topological polar surface area (TPSA) is 3.24 Å². The molecule has 0 heterocycles. The third kappa shape index (κ3) is 3.67. The predicted molar refractivity (Wildman–Crippen MR) is 111 cm³/mol. The van der Waals surface area contributed by atoms with Gasteiger partial charge in [-0.3, -0.25) is 0 Å². The standard InChI is InChI=1S/C25H27N/c1-20-12-16-24(17-13-20)26(23-10-6-3-7-11-23)25-18-14-22(15-19-25)21-8-4-2-5-9-21/h2-10,12,14,16-18,20,23H,11,13,15,19H2,1H3. The van der Waals surface area contributed by atoms with E-state index in [4.69, 9.17) is 0 Å². The zero-order chi connectivity index (χ0) is 17.8. The molecule has 0 fully saturated rings. The fourth-order valence-electron chi connectivity index (χ4n) is 3.94. The summed E-state index contributed by atoms with van der Waals surface area (Å²) in [4.78, 5) is 2.56. The Labute approximate surface area is 157 Å². The molecular formula is C25H27N. The first kappa shape index (κ1) is 16.9. The Kier molecular flexibility index (Phi) is 5.06. The minimum Gasteiger partial charge on any atom is -0.338 e. The van der Waals surface area contributed by atoms with Gasteiger partial charge in [-0.05, 0) is 54.9 Å². The second-order valence-corrected chi connectivity index (χ2v) is 7.40. The average molecular weight is 341 g/mol. The zero-order valence-electron chi connectivity index (χ0n) is 15.5. The van der Waals surface area contributed by atoms with Crippen molar-refractivity contribution in [3.05, 3.63) is 102 Å². The highest BCUT2D eigenvalue weighted by molar-refractivity contribution is 5.68. The molecule has 4 rings (SSSR count). The van der Waals surface area contributed by atoms with Crippen molar-refractivity contribution in [3.63, 3.8) is 0 Å². The molecule has 0 amide bonds. The maximum Gasteiger partial charge on any atom is 0.0556 e. The van der Waals surface area contributed by atoms with Gasteiger partial charge in [0.25, 0.3) is 0 Å². The van der Waals surface area contributed by atoms with Crippen molar-refractivity contribution in [2.24, 2.45) is 5.92 Å². The van der Waals surface area contributed by atoms with Crippen molar-refractivity contribution in [2.45, 2.75) is 38.6 Å². The number of hydrogen-bond donors (Lipinski definition) is 0. The minimum atomic E-state index is 0.419. The highest BCUT2D eigenvalue weighted by Gasteiger charge is 2.24. The van der Waals surface area contributed by atoms with E-state index in [1.54, 1.807) is 0 Å². The van der Waals surface area contributed by atoms with Gasteiger partial charge in [-0.15, -0.1) is 0 Å². The van der Waals surface area contributed by atoms with E-state index in [1.165, 1.54) is 22.5 Å². The van der Waals surface area contributed by atoms with Crippen molar-refractivity contribution in [1.82, 2.24) is 4.90 Å². The molecule has 132 valence electrons. The Bertz CT molecular complexity index is 817. The normalized spacial score (nSPS) is 24.7. The summed E-state index contributed by atoms with van der Waals surface area (Å²) in [5.41, 5.74) is 5.58. The minimum absolute atomic E-state index is 0.419. The number of rotatable bonds is 4. The predicted octanol–water partition coefficient (Wildman–Crippen LogP) is 6.41. The van der Waals surface area contributed by atoms with Gasteiger partial charge in [-0.2, -0.15) is 0 Å². The van der Waals surface area contributed by atoms with Crippen molar-refractivity contribution in [2.75, 3.05) is 0 Å². The smallest absolute Gasteiger partial charge is 0.0556 e. The van der Waals surface area contributed by atoms with Crippen LogP contribution >= 0.6 is 0 Å². The quantitative estimate of drug-likeness (QED) is 0.611. The van der Waals surface area contributed by atoms with E-state index in [1.807, 2.05) is 0 Å². The van der Waals surface area contributed by atoms with E-state index in [9.17, 15) is 0 Å². The number of hydrogen-bond acceptors (Lipinski definition) is 1. The fourth-order valence-corrected chi connectivity index (χ4v) is 3.94. The maximum atomic E-state index is 2.56. The highest BCUT2D eigenvalue weighted by atomic mass is 15.2. The summed E-state index contributed by atoms with van der Waals surface area (Å²) in [5, 5.41) is 0. The van der Waals surface area contributed by atoms with E-state index in [0.29, 0.717) is 12.0 Å². The van der Waals surface area contributed by atoms with Crippen LogP contribution in [0.4, 0.5) is 0 Å². The fraction of sp³-hybridized carbons (Fsp3) is 0.280. The first-order valence-electron chi connectivity index (χ1n) is 9.77. The Morgan fingerprint density at radius 1 is 0.923 bits per heavy atom. The highest BCUT2D eigenvalue weighted by Crippen LogP contribution is 2.34. The van der Waals surface area contributed by atoms with Crippen LogP contribution in [0.15, 0.2) is 96.4 Å². The lowest BCUT2D eigenvalue weighted by Crippen LogP contribution is -2.33. The van der Waals surface area contributed by atoms with Crippen LogP contribution in [0.5, 0.6) is 0 Å². The lowest BCUT2D eigenvalue weighted by molar-refractivity contribution is 0.355. The van der Waals surface area contributed by atoms with E-state index in [-0.39, 0.29) is 0 Å². The van der Waals surface area contributed by atoms with Crippen LogP contribution in [-0.2, 0) is 0 Å². The van der Waals surface area contributed by atoms with Gasteiger partial charge in [0.1, 0.15) is 0 Å². The van der Waals surface area contributed by atoms with Crippen LogP contribution < -0.4 is 0 Å². The summed E-state index contributed by atoms with van der Waals surface area (Å²) in [6.45, 7) is 2.28. The summed E-state index contributed by atoms with van der Waals surface area (Å²) in [6.07, 6.45) is 25.1. The Morgan fingerprint density at radius 3 is 2.46 bits per heavy atom. The van der Waals surface area contributed by atoms with Crippen LogP contribution in [0, 0.1) is 5.92 Å². The largest absolute Gasteiger partial charge is 0.338 e. The Morgan fingerprint density at radius 2 is 1.81 bits per heavy atom. The molecule has 0 spiro atoms. The first-order chi connectivity index (χ1) is 12.8. The zero-order valence-corrected chi connectivity index (χ0v) is 15.5. The summed E-state index contributed by atoms with van der Waals surface area (Å²) in [5.74, 6) is 0.646. The molecule has 1 heteroatoms. The van der Waals surface area contributed by atoms with Crippen LogP contribution in [0.3, 0.4) is 0 Å². The molecule has 0 aromatic heterocycles. The van der Waals surface area contributed by atoms with Crippen LogP contribution in [-0.4, -0.2) is 10.9 Å². The average Bonchev–Trinajstić information content (AvgIpc) is 2.72. The number of benzene rings is 1. The molecule has 0 bridgehead atoms. The second kappa shape index (κ2) is 7.78. The number of nitrogens with zero attached hydrogens (tertiary/aromatic N) is 1. The first-order valence-corrected chi connectivity index (χ1v) is 9.77. The van der Waals surface area contributed by atoms with Gasteiger partial charge in [0.2, 0.25) is 0 Å². The van der Waals surface area contributed by atoms with Gasteiger partial charge in [0, 0.05) is 11.4 Å². The van der Waals surface area contributed by atoms with Crippen molar-refractivity contribution < 1.29 is 0 Å². The lowest BCUT2D eigenvalue weighted by atomic mass is 9.93. The molecule has 2 atom stereocenters. The number of allylic oxidation sites excluding steroid dienone is 9. The van der Waals surface area contributed by atoms with Gasteiger partial charge in [0.05, 0.1) is 6.04 Å². The molecule has 1 aromatic rings. The molecule has 0 saturated carbocycles. The summed E-state index contributed by atoms with van der Waals surface area (Å²) >= 11 is 0. The lowest BCUT2D eigenvalue weighted by Gasteiger charge is -2.37. The van der Waals surface area contributed by atoms with Crippen LogP contribution in [0.2, 0.25) is 0 Å². The van der Waals surface area contributed by atoms with Gasteiger partial charge in [-0.1, -0.05) is 79.8 Å². The van der Waals surface area contributed by atoms with Crippen LogP contribution in [0.25, 0.3) is 5.57 Å². The van der Waals surface area contributed by atoms with Crippen LogP contribution in [0.1, 0.15) is 38.2 Å². The van der Waals surface area contributed by atoms with Crippen molar-refractivity contribution >= 4 is 5.57 Å². The molecule has 3 aliphatic rings. The molecule has 0 radical (unpaired) electrons. The molecule has 1 aromatic carbocycles. The second-order valence-electron chi connectivity index (χ2n) is 7.40. The monoisotopic (exact) mass is 341 g/mol. The molecule has 0 saturated heterocycles. The van der Waals surface area contributed by atoms with Crippen molar-refractivity contribution in [1.29, 1.82) is 0 Å². The Balaban J connectivity index is 1.63. The van der Waals surface area contributed by atoms with Crippen molar-refractivity contribution in [3.8, 4) is 0 Å². The Hall–Kier alpha value is -2.54. The van der Waals surface area contributed by atoms with Gasteiger partial charge in [-0.25, -0.2) is 0 Å². The van der Waals surface area contributed by atoms with Gasteiger partial charge < -0.3 is 4.90 Å². The molecule has 3 aliphatic carbocycles. The molecule has 26 heavy (non-hydrogen) atoms. The third-order valence-electron chi connectivity index (χ3n) is 5.44. The molecule has 0 N–H and O–H groups in total. The van der Waals surface area contributed by atoms with Gasteiger partial charge >= 0.3 is 0 Å². The van der Waals surface area contributed by atoms with E-state index in [0.717, 1.165) is 25.7 Å². The molecule has 0 aliphatic heterocycles. The van der Waals surface area contributed by atoms with Gasteiger partial charge in [0.15, 0.2) is 0 Å². The summed E-state index contributed by atoms with van der Waals surface area (Å²) < 4.78 is 0. The SMILES string of the molecule is CC1C=CC(N(C2=CC=C(c3ccccc3)CC2)C2C=CC=CC2)=CC1. The van der Waals surface area contributed by atoms with E-state index >= 15 is 0 Å². The summed E-state index contributed by atoms with van der Waals surface area (Å²) in [6, 6.07) is 11.2. The molecule has 1 nitrogen and oxygen atoms in total. The molecule has 2 unspecified atom stereocenters. The van der Waals surface area contributed by atoms with E-state index < -0.39 is 0 Å². The van der Waals surface area contributed by atoms with E-state index in [2.05, 4.69) is 96.8 Å². The maximum absolute atomic E-state index is 2.56. The molecular weight excluding hydrogens is 314 g/mol. The third-order valence-corrected chi connectivity index (χ3v) is 5.44. The summed E-state index contributed by atoms with van der Waals surface area (Å²) in [7, 11) is 0.